The van der Waals surface area contributed by atoms with E-state index in [-0.39, 0.29) is 11.8 Å². The molecule has 9 heteroatoms. The Labute approximate surface area is 158 Å². The zero-order valence-electron chi connectivity index (χ0n) is 14.0. The second kappa shape index (κ2) is 7.71. The summed E-state index contributed by atoms with van der Waals surface area (Å²) in [6.07, 6.45) is 0. The summed E-state index contributed by atoms with van der Waals surface area (Å²) in [7, 11) is 0. The molecule has 7 nitrogen and oxygen atoms in total. The lowest BCUT2D eigenvalue weighted by Gasteiger charge is -2.19. The van der Waals surface area contributed by atoms with Crippen molar-refractivity contribution < 1.29 is 19.1 Å². The molecule has 26 heavy (non-hydrogen) atoms. The number of amides is 2. The van der Waals surface area contributed by atoms with Crippen molar-refractivity contribution in [2.45, 2.75) is 19.2 Å². The number of nitrogens with one attached hydrogen (secondary N) is 1. The van der Waals surface area contributed by atoms with Crippen molar-refractivity contribution in [3.8, 4) is 5.75 Å². The lowest BCUT2D eigenvalue weighted by atomic mass is 10.2. The van der Waals surface area contributed by atoms with Crippen molar-refractivity contribution in [3.63, 3.8) is 0 Å². The molecule has 0 saturated heterocycles. The molecule has 0 fully saturated rings. The number of amidine groups is 1. The van der Waals surface area contributed by atoms with Crippen LogP contribution in [0.2, 0.25) is 0 Å². The molecular formula is C17H15N3O4S2. The standard InChI is InChI=1S/C17H15N3O4S2/c1-10(21)18-17-19-20(11(2)22)15(26-17)12-5-3-6-13(9-12)24-16(23)14-7-4-8-25-14/h3-9,15H,1-2H3,(H,18,19,21)/t15-/m0/s1. The normalized spacial score (nSPS) is 16.2. The van der Waals surface area contributed by atoms with Gasteiger partial charge < -0.3 is 10.1 Å². The predicted molar refractivity (Wildman–Crippen MR) is 99.8 cm³/mol. The number of esters is 1. The Morgan fingerprint density at radius 1 is 1.19 bits per heavy atom. The lowest BCUT2D eigenvalue weighted by Crippen LogP contribution is -2.25. The van der Waals surface area contributed by atoms with Gasteiger partial charge in [0.2, 0.25) is 11.8 Å². The number of hydrazone groups is 1. The van der Waals surface area contributed by atoms with Gasteiger partial charge in [0.15, 0.2) is 5.17 Å². The highest BCUT2D eigenvalue weighted by Gasteiger charge is 2.32. The smallest absolute Gasteiger partial charge is 0.353 e. The molecule has 2 heterocycles. The molecule has 1 atom stereocenters. The number of thiophene rings is 1. The molecule has 0 saturated carbocycles. The van der Waals surface area contributed by atoms with Crippen LogP contribution in [-0.4, -0.2) is 28.0 Å². The second-order valence-corrected chi connectivity index (χ2v) is 7.38. The lowest BCUT2D eigenvalue weighted by molar-refractivity contribution is -0.129. The van der Waals surface area contributed by atoms with Crippen LogP contribution in [0.15, 0.2) is 46.9 Å². The zero-order chi connectivity index (χ0) is 18.7. The van der Waals surface area contributed by atoms with Gasteiger partial charge in [0.25, 0.3) is 0 Å². The van der Waals surface area contributed by atoms with E-state index in [4.69, 9.17) is 4.74 Å². The molecule has 0 bridgehead atoms. The molecule has 0 aliphatic carbocycles. The van der Waals surface area contributed by atoms with Gasteiger partial charge in [-0.25, -0.2) is 9.80 Å². The van der Waals surface area contributed by atoms with E-state index in [2.05, 4.69) is 10.4 Å². The van der Waals surface area contributed by atoms with Crippen LogP contribution in [0.5, 0.6) is 5.75 Å². The molecule has 0 spiro atoms. The number of thioether (sulfide) groups is 1. The molecule has 2 amide bonds. The first-order valence-corrected chi connectivity index (χ1v) is 9.38. The molecule has 134 valence electrons. The summed E-state index contributed by atoms with van der Waals surface area (Å²) in [5.41, 5.74) is 0.728. The Bertz CT molecular complexity index is 880. The Kier molecular flexibility index (Phi) is 5.38. The number of rotatable bonds is 3. The third-order valence-corrected chi connectivity index (χ3v) is 5.28. The van der Waals surface area contributed by atoms with Gasteiger partial charge in [-0.1, -0.05) is 30.0 Å². The maximum atomic E-state index is 12.1. The zero-order valence-corrected chi connectivity index (χ0v) is 15.6. The first kappa shape index (κ1) is 18.2. The van der Waals surface area contributed by atoms with Gasteiger partial charge >= 0.3 is 5.97 Å². The molecular weight excluding hydrogens is 374 g/mol. The third kappa shape index (κ3) is 4.12. The first-order valence-electron chi connectivity index (χ1n) is 7.62. The van der Waals surface area contributed by atoms with Crippen molar-refractivity contribution in [1.82, 2.24) is 10.3 Å². The Morgan fingerprint density at radius 3 is 2.65 bits per heavy atom. The molecule has 2 aromatic rings. The van der Waals surface area contributed by atoms with Crippen molar-refractivity contribution >= 4 is 46.0 Å². The van der Waals surface area contributed by atoms with Gasteiger partial charge in [-0.15, -0.1) is 16.4 Å². The van der Waals surface area contributed by atoms with Crippen molar-refractivity contribution in [3.05, 3.63) is 52.2 Å². The minimum absolute atomic E-state index is 0.260. The fourth-order valence-electron chi connectivity index (χ4n) is 2.26. The largest absolute Gasteiger partial charge is 0.422 e. The van der Waals surface area contributed by atoms with Crippen molar-refractivity contribution in [2.24, 2.45) is 5.10 Å². The summed E-state index contributed by atoms with van der Waals surface area (Å²) in [5, 5.41) is 9.71. The van der Waals surface area contributed by atoms with Crippen LogP contribution in [0.3, 0.4) is 0 Å². The number of carbonyl (C=O) groups is 3. The van der Waals surface area contributed by atoms with Gasteiger partial charge in [-0.2, -0.15) is 0 Å². The number of benzene rings is 1. The van der Waals surface area contributed by atoms with Crippen molar-refractivity contribution in [1.29, 1.82) is 0 Å². The Hall–Kier alpha value is -2.65. The minimum atomic E-state index is -0.449. The molecule has 1 aromatic heterocycles. The predicted octanol–water partition coefficient (Wildman–Crippen LogP) is 2.97. The van der Waals surface area contributed by atoms with Gasteiger partial charge in [0.05, 0.1) is 0 Å². The number of ether oxygens (including phenoxy) is 1. The van der Waals surface area contributed by atoms with E-state index in [1.165, 1.54) is 42.0 Å². The Morgan fingerprint density at radius 2 is 2.00 bits per heavy atom. The van der Waals surface area contributed by atoms with E-state index in [0.29, 0.717) is 15.8 Å². The average Bonchev–Trinajstić information content (AvgIpc) is 3.24. The van der Waals surface area contributed by atoms with E-state index in [1.54, 1.807) is 35.7 Å². The fourth-order valence-corrected chi connectivity index (χ4v) is 3.99. The molecule has 1 aromatic carbocycles. The highest BCUT2D eigenvalue weighted by atomic mass is 32.2. The molecule has 0 radical (unpaired) electrons. The van der Waals surface area contributed by atoms with Crippen LogP contribution in [0.4, 0.5) is 0 Å². The molecule has 1 N–H and O–H groups in total. The van der Waals surface area contributed by atoms with Gasteiger partial charge in [-0.3, -0.25) is 9.59 Å². The van der Waals surface area contributed by atoms with E-state index < -0.39 is 11.3 Å². The quantitative estimate of drug-likeness (QED) is 0.644. The Balaban J connectivity index is 1.79. The molecule has 1 aliphatic heterocycles. The summed E-state index contributed by atoms with van der Waals surface area (Å²) in [6.45, 7) is 2.77. The van der Waals surface area contributed by atoms with Crippen molar-refractivity contribution in [2.75, 3.05) is 0 Å². The van der Waals surface area contributed by atoms with Crippen LogP contribution >= 0.6 is 23.1 Å². The van der Waals surface area contributed by atoms with Crippen LogP contribution in [0, 0.1) is 0 Å². The fraction of sp³-hybridized carbons (Fsp3) is 0.176. The third-order valence-electron chi connectivity index (χ3n) is 3.33. The van der Waals surface area contributed by atoms with Gasteiger partial charge in [0.1, 0.15) is 16.0 Å². The van der Waals surface area contributed by atoms with Crippen LogP contribution in [-0.2, 0) is 9.59 Å². The maximum absolute atomic E-state index is 12.1. The monoisotopic (exact) mass is 389 g/mol. The summed E-state index contributed by atoms with van der Waals surface area (Å²) >= 11 is 2.54. The topological polar surface area (TPSA) is 88.1 Å². The van der Waals surface area contributed by atoms with Crippen LogP contribution in [0.1, 0.15) is 34.5 Å². The highest BCUT2D eigenvalue weighted by Crippen LogP contribution is 2.39. The van der Waals surface area contributed by atoms with Gasteiger partial charge in [-0.05, 0) is 29.1 Å². The van der Waals surface area contributed by atoms with Crippen LogP contribution in [0.25, 0.3) is 0 Å². The minimum Gasteiger partial charge on any atom is -0.422 e. The highest BCUT2D eigenvalue weighted by molar-refractivity contribution is 8.14. The number of nitrogens with zero attached hydrogens (tertiary/aromatic N) is 2. The number of hydrogen-bond donors (Lipinski definition) is 1. The van der Waals surface area contributed by atoms with E-state index in [1.807, 2.05) is 6.07 Å². The summed E-state index contributed by atoms with van der Waals surface area (Å²) in [5.74, 6) is -0.587. The molecule has 3 rings (SSSR count). The average molecular weight is 389 g/mol. The summed E-state index contributed by atoms with van der Waals surface area (Å²) in [6, 6.07) is 10.4. The number of hydrogen-bond acceptors (Lipinski definition) is 7. The van der Waals surface area contributed by atoms with E-state index >= 15 is 0 Å². The summed E-state index contributed by atoms with van der Waals surface area (Å²) in [4.78, 5) is 35.7. The summed E-state index contributed by atoms with van der Waals surface area (Å²) < 4.78 is 5.40. The van der Waals surface area contributed by atoms with Crippen LogP contribution < -0.4 is 10.1 Å². The maximum Gasteiger partial charge on any atom is 0.353 e. The SMILES string of the molecule is CC(=O)NC1=NN(C(C)=O)[C@H](c2cccc(OC(=O)c3cccs3)c2)S1. The molecule has 1 aliphatic rings. The first-order chi connectivity index (χ1) is 12.4. The number of carbonyl (C=O) groups excluding carboxylic acids is 3. The van der Waals surface area contributed by atoms with E-state index in [9.17, 15) is 14.4 Å². The molecule has 0 unspecified atom stereocenters. The van der Waals surface area contributed by atoms with E-state index in [0.717, 1.165) is 5.56 Å². The second-order valence-electron chi connectivity index (χ2n) is 5.36. The van der Waals surface area contributed by atoms with Gasteiger partial charge in [0, 0.05) is 13.8 Å².